The summed E-state index contributed by atoms with van der Waals surface area (Å²) in [6.45, 7) is 3.10. The highest BCUT2D eigenvalue weighted by Gasteiger charge is 2.24. The van der Waals surface area contributed by atoms with Gasteiger partial charge in [0.15, 0.2) is 0 Å². The third-order valence-electron chi connectivity index (χ3n) is 3.45. The lowest BCUT2D eigenvalue weighted by Gasteiger charge is -2.12. The molecule has 120 valence electrons. The average molecular weight is 334 g/mol. The van der Waals surface area contributed by atoms with Crippen LogP contribution in [0.2, 0.25) is 0 Å². The Bertz CT molecular complexity index is 843. The highest BCUT2D eigenvalue weighted by molar-refractivity contribution is 7.91. The van der Waals surface area contributed by atoms with Gasteiger partial charge in [0.2, 0.25) is 9.84 Å². The number of benzene rings is 2. The van der Waals surface area contributed by atoms with Crippen molar-refractivity contribution in [1.29, 1.82) is 0 Å². The lowest BCUT2D eigenvalue weighted by molar-refractivity contribution is 0.0686. The van der Waals surface area contributed by atoms with E-state index in [0.717, 1.165) is 12.1 Å². The summed E-state index contributed by atoms with van der Waals surface area (Å²) >= 11 is 0. The normalized spacial score (nSPS) is 11.2. The van der Waals surface area contributed by atoms with Crippen LogP contribution in [0.5, 0.6) is 0 Å². The summed E-state index contributed by atoms with van der Waals surface area (Å²) in [4.78, 5) is 21.8. The number of carboxylic acids is 2. The van der Waals surface area contributed by atoms with Gasteiger partial charge in [-0.25, -0.2) is 18.0 Å². The summed E-state index contributed by atoms with van der Waals surface area (Å²) in [6, 6.07) is 7.62. The Labute approximate surface area is 132 Å². The molecule has 0 bridgehead atoms. The van der Waals surface area contributed by atoms with Gasteiger partial charge in [0.25, 0.3) is 0 Å². The van der Waals surface area contributed by atoms with Crippen molar-refractivity contribution in [3.05, 3.63) is 58.7 Å². The summed E-state index contributed by atoms with van der Waals surface area (Å²) in [5, 5.41) is 18.1. The summed E-state index contributed by atoms with van der Waals surface area (Å²) in [5.74, 6) is -2.48. The maximum atomic E-state index is 12.8. The van der Waals surface area contributed by atoms with E-state index in [1.54, 1.807) is 13.8 Å². The predicted octanol–water partition coefficient (Wildman–Crippen LogP) is 2.53. The second kappa shape index (κ2) is 5.85. The van der Waals surface area contributed by atoms with E-state index in [1.807, 2.05) is 0 Å². The molecule has 0 aromatic heterocycles. The van der Waals surface area contributed by atoms with Gasteiger partial charge >= 0.3 is 11.9 Å². The zero-order valence-electron chi connectivity index (χ0n) is 12.4. The molecule has 0 saturated carbocycles. The molecule has 2 N–H and O–H groups in total. The van der Waals surface area contributed by atoms with Crippen molar-refractivity contribution in [2.24, 2.45) is 0 Å². The fourth-order valence-corrected chi connectivity index (χ4v) is 3.95. The highest BCUT2D eigenvalue weighted by Crippen LogP contribution is 2.28. The highest BCUT2D eigenvalue weighted by atomic mass is 32.2. The molecular weight excluding hydrogens is 320 g/mol. The van der Waals surface area contributed by atoms with Gasteiger partial charge in [-0.1, -0.05) is 12.1 Å². The number of carbonyl (C=O) groups is 2. The number of rotatable bonds is 4. The Morgan fingerprint density at radius 3 is 1.43 bits per heavy atom. The van der Waals surface area contributed by atoms with Gasteiger partial charge in [0.1, 0.15) is 0 Å². The predicted molar refractivity (Wildman–Crippen MR) is 81.7 cm³/mol. The molecule has 0 fully saturated rings. The summed E-state index contributed by atoms with van der Waals surface area (Å²) in [7, 11) is -4.04. The van der Waals surface area contributed by atoms with Gasteiger partial charge in [-0.2, -0.15) is 0 Å². The Morgan fingerprint density at radius 1 is 0.783 bits per heavy atom. The Morgan fingerprint density at radius 2 is 1.13 bits per heavy atom. The monoisotopic (exact) mass is 334 g/mol. The number of aromatic carboxylic acids is 2. The van der Waals surface area contributed by atoms with Crippen LogP contribution in [0.3, 0.4) is 0 Å². The molecular formula is C16H14O6S. The first kappa shape index (κ1) is 16.7. The first-order valence-corrected chi connectivity index (χ1v) is 8.06. The lowest BCUT2D eigenvalue weighted by atomic mass is 10.1. The van der Waals surface area contributed by atoms with Crippen LogP contribution in [0.25, 0.3) is 0 Å². The Kier molecular flexibility index (Phi) is 4.24. The molecule has 7 heteroatoms. The Hall–Kier alpha value is -2.67. The molecule has 0 saturated heterocycles. The van der Waals surface area contributed by atoms with Crippen molar-refractivity contribution in [2.75, 3.05) is 0 Å². The molecule has 23 heavy (non-hydrogen) atoms. The molecule has 0 aliphatic heterocycles. The van der Waals surface area contributed by atoms with Gasteiger partial charge in [-0.15, -0.1) is 0 Å². The van der Waals surface area contributed by atoms with E-state index in [2.05, 4.69) is 0 Å². The van der Waals surface area contributed by atoms with Crippen LogP contribution < -0.4 is 0 Å². The Balaban J connectivity index is 2.73. The van der Waals surface area contributed by atoms with E-state index in [1.165, 1.54) is 24.3 Å². The number of aryl methyl sites for hydroxylation is 2. The third kappa shape index (κ3) is 3.09. The zero-order valence-corrected chi connectivity index (χ0v) is 13.2. The molecule has 0 unspecified atom stereocenters. The van der Waals surface area contributed by atoms with Crippen LogP contribution in [-0.4, -0.2) is 30.6 Å². The van der Waals surface area contributed by atoms with Crippen molar-refractivity contribution < 1.29 is 28.2 Å². The van der Waals surface area contributed by atoms with E-state index in [4.69, 9.17) is 10.2 Å². The topological polar surface area (TPSA) is 109 Å². The molecule has 0 radical (unpaired) electrons. The standard InChI is InChI=1S/C16H14O6S/c1-9-3-5-11(15(17)18)7-13(9)23(21,22)14-8-12(16(19)20)6-4-10(14)2/h3-8H,1-2H3,(H,17,18)(H,19,20). The van der Waals surface area contributed by atoms with Crippen LogP contribution in [0.15, 0.2) is 46.2 Å². The smallest absolute Gasteiger partial charge is 0.335 e. The van der Waals surface area contributed by atoms with Gasteiger partial charge < -0.3 is 10.2 Å². The number of carboxylic acid groups (broad SMARTS) is 2. The lowest BCUT2D eigenvalue weighted by Crippen LogP contribution is -2.09. The summed E-state index contributed by atoms with van der Waals surface area (Å²) in [6.07, 6.45) is 0. The van der Waals surface area contributed by atoms with E-state index in [0.29, 0.717) is 11.1 Å². The third-order valence-corrected chi connectivity index (χ3v) is 5.49. The minimum Gasteiger partial charge on any atom is -0.478 e. The molecule has 0 spiro atoms. The van der Waals surface area contributed by atoms with E-state index in [-0.39, 0.29) is 20.9 Å². The van der Waals surface area contributed by atoms with Crippen molar-refractivity contribution in [3.8, 4) is 0 Å². The van der Waals surface area contributed by atoms with Crippen LogP contribution in [0.1, 0.15) is 31.8 Å². The molecule has 2 rings (SSSR count). The molecule has 0 heterocycles. The molecule has 2 aromatic rings. The molecule has 2 aromatic carbocycles. The van der Waals surface area contributed by atoms with Crippen molar-refractivity contribution in [2.45, 2.75) is 23.6 Å². The fraction of sp³-hybridized carbons (Fsp3) is 0.125. The SMILES string of the molecule is Cc1ccc(C(=O)O)cc1S(=O)(=O)c1cc(C(=O)O)ccc1C. The van der Waals surface area contributed by atoms with E-state index < -0.39 is 21.8 Å². The quantitative estimate of drug-likeness (QED) is 0.889. The van der Waals surface area contributed by atoms with E-state index >= 15 is 0 Å². The molecule has 0 amide bonds. The van der Waals surface area contributed by atoms with Crippen LogP contribution >= 0.6 is 0 Å². The number of hydrogen-bond acceptors (Lipinski definition) is 4. The van der Waals surface area contributed by atoms with Crippen molar-refractivity contribution in [1.82, 2.24) is 0 Å². The van der Waals surface area contributed by atoms with Crippen molar-refractivity contribution >= 4 is 21.8 Å². The van der Waals surface area contributed by atoms with E-state index in [9.17, 15) is 18.0 Å². The fourth-order valence-electron chi connectivity index (χ4n) is 2.16. The zero-order chi connectivity index (χ0) is 17.4. The minimum atomic E-state index is -4.04. The van der Waals surface area contributed by atoms with Gasteiger partial charge in [-0.3, -0.25) is 0 Å². The largest absolute Gasteiger partial charge is 0.478 e. The second-order valence-electron chi connectivity index (χ2n) is 5.07. The minimum absolute atomic E-state index is 0.150. The second-order valence-corrected chi connectivity index (χ2v) is 6.96. The number of sulfone groups is 1. The first-order valence-electron chi connectivity index (χ1n) is 6.57. The summed E-state index contributed by atoms with van der Waals surface area (Å²) < 4.78 is 25.7. The molecule has 0 aliphatic carbocycles. The maximum Gasteiger partial charge on any atom is 0.335 e. The first-order chi connectivity index (χ1) is 10.6. The van der Waals surface area contributed by atoms with Crippen LogP contribution in [0.4, 0.5) is 0 Å². The van der Waals surface area contributed by atoms with Crippen LogP contribution in [0, 0.1) is 13.8 Å². The summed E-state index contributed by atoms with van der Waals surface area (Å²) in [5.41, 5.74) is 0.465. The average Bonchev–Trinajstić information content (AvgIpc) is 2.47. The molecule has 6 nitrogen and oxygen atoms in total. The maximum absolute atomic E-state index is 12.8. The molecule has 0 atom stereocenters. The van der Waals surface area contributed by atoms with Gasteiger partial charge in [0.05, 0.1) is 20.9 Å². The van der Waals surface area contributed by atoms with Gasteiger partial charge in [0, 0.05) is 0 Å². The van der Waals surface area contributed by atoms with Gasteiger partial charge in [-0.05, 0) is 49.2 Å². The van der Waals surface area contributed by atoms with Crippen molar-refractivity contribution in [3.63, 3.8) is 0 Å². The molecule has 0 aliphatic rings. The number of hydrogen-bond donors (Lipinski definition) is 2. The van der Waals surface area contributed by atoms with Crippen LogP contribution in [-0.2, 0) is 9.84 Å².